The molecule has 110 heavy (non-hydrogen) atoms. The summed E-state index contributed by atoms with van der Waals surface area (Å²) in [6.45, 7) is 19.2. The van der Waals surface area contributed by atoms with E-state index in [2.05, 4.69) is 164 Å². The number of methoxy groups -OCH3 is 2. The minimum absolute atomic E-state index is 0.0204. The van der Waals surface area contributed by atoms with Gasteiger partial charge in [0.25, 0.3) is 0 Å². The van der Waals surface area contributed by atoms with Gasteiger partial charge in [0, 0.05) is 59.3 Å². The summed E-state index contributed by atoms with van der Waals surface area (Å²) in [7, 11) is 2.68. The molecule has 0 spiro atoms. The lowest BCUT2D eigenvalue weighted by Crippen LogP contribution is -2.56. The standard InChI is InChI=1S/C41H50BN3O4.C41H45N5O4.C8H11BrN2/c1-23(2)37(44-39(47)48-7)38(46)45-34-10-8-9-25(34)17-35(45)33-18-30-29-19-36-31(16-24(29)11-14-32(30)43-33)28-13-12-27(15-26(28)20-49-36)42-21-40(3,4)41(5,6)22-42;1-22(2)38(45-41(48)49-3)40(47)46-35-10-6-9-26(35)17-36(46)33-18-30-29-19-37-31(16-24(29)12-14-32(30)43-33)28-13-11-25(15-27(28)21-50-37)34-20-42-39(44-34)23-7-4-5-8-23;9-7-5-10-8(11-7)6-3-1-2-4-6/h11-16,19,23,25,34-35,37H,8-10,17-18,20-22H2,1-7H3,(H,44,47);11-16,19-20,22-23,26,35-36,38H,4-10,17-18,21H2,1-3H3,(H,42,44)(H,45,48);5-6H,1-4H2,(H,10,11)/t25-,34-,35-,37-;26-,35-,36-,38-;/m00./s1. The zero-order chi connectivity index (χ0) is 76.2. The van der Waals surface area contributed by atoms with E-state index in [0.29, 0.717) is 67.3 Å². The molecule has 8 atom stereocenters. The first-order valence-corrected chi connectivity index (χ1v) is 41.8. The second-order valence-corrected chi connectivity index (χ2v) is 36.4. The van der Waals surface area contributed by atoms with Gasteiger partial charge in [-0.2, -0.15) is 0 Å². The van der Waals surface area contributed by atoms with Crippen molar-refractivity contribution in [1.29, 1.82) is 0 Å². The molecule has 6 aromatic carbocycles. The van der Waals surface area contributed by atoms with Gasteiger partial charge in [0.05, 0.1) is 55.8 Å². The highest BCUT2D eigenvalue weighted by atomic mass is 79.9. The predicted molar refractivity (Wildman–Crippen MR) is 439 cm³/mol. The molecule has 19 rings (SSSR count). The summed E-state index contributed by atoms with van der Waals surface area (Å²) in [5.41, 5.74) is 18.0. The van der Waals surface area contributed by atoms with Crippen molar-refractivity contribution in [2.75, 3.05) is 14.2 Å². The van der Waals surface area contributed by atoms with E-state index in [4.69, 9.17) is 33.9 Å². The number of H-pyrrole nitrogens is 2. The number of fused-ring (bicyclic) bond motifs is 14. The largest absolute Gasteiger partial charge is 0.488 e. The molecule has 7 fully saturated rings. The maximum absolute atomic E-state index is 14.2. The Morgan fingerprint density at radius 2 is 1.03 bits per heavy atom. The first-order valence-electron chi connectivity index (χ1n) is 41.0. The number of likely N-dealkylation sites (tertiary alicyclic amines) is 2. The monoisotopic (exact) mass is 1540 g/mol. The van der Waals surface area contributed by atoms with Crippen LogP contribution < -0.4 is 25.6 Å². The average Bonchev–Trinajstić information content (AvgIpc) is 1.48. The van der Waals surface area contributed by atoms with E-state index in [1.54, 1.807) is 0 Å². The van der Waals surface area contributed by atoms with E-state index in [0.717, 1.165) is 135 Å². The van der Waals surface area contributed by atoms with Gasteiger partial charge in [0.15, 0.2) is 6.71 Å². The average molecular weight is 1550 g/mol. The minimum atomic E-state index is -0.647. The van der Waals surface area contributed by atoms with Crippen molar-refractivity contribution >= 4 is 96.4 Å². The first kappa shape index (κ1) is 74.0. The Balaban J connectivity index is 0.000000140. The molecular weight excluding hydrogens is 1440 g/mol. The second-order valence-electron chi connectivity index (χ2n) is 35.6. The molecule has 7 aliphatic heterocycles. The van der Waals surface area contributed by atoms with Crippen LogP contribution in [0.5, 0.6) is 11.5 Å². The third-order valence-corrected chi connectivity index (χ3v) is 28.2. The van der Waals surface area contributed by atoms with Crippen LogP contribution in [0.2, 0.25) is 12.6 Å². The third-order valence-electron chi connectivity index (χ3n) is 27.7. The van der Waals surface area contributed by atoms with E-state index in [-0.39, 0.29) is 47.8 Å². The van der Waals surface area contributed by atoms with Gasteiger partial charge < -0.3 is 49.3 Å². The summed E-state index contributed by atoms with van der Waals surface area (Å²) in [4.78, 5) is 83.4. The Bertz CT molecular complexity index is 4990. The van der Waals surface area contributed by atoms with Crippen LogP contribution in [-0.2, 0) is 45.1 Å². The number of nitrogens with one attached hydrogen (secondary N) is 4. The number of carbonyl (C=O) groups is 4. The van der Waals surface area contributed by atoms with Crippen LogP contribution in [0.25, 0.3) is 55.1 Å². The maximum atomic E-state index is 14.2. The van der Waals surface area contributed by atoms with E-state index in [1.165, 1.54) is 128 Å². The van der Waals surface area contributed by atoms with E-state index < -0.39 is 24.3 Å². The number of hydrogen-bond donors (Lipinski definition) is 4. The number of nitrogens with zero attached hydrogens (tertiary/aromatic N) is 6. The van der Waals surface area contributed by atoms with Gasteiger partial charge in [-0.3, -0.25) is 19.6 Å². The molecular formula is C90H106BBrN10O8. The number of halogens is 1. The summed E-state index contributed by atoms with van der Waals surface area (Å²) >= 11 is 3.36. The summed E-state index contributed by atoms with van der Waals surface area (Å²) in [5, 5.41) is 10.3. The van der Waals surface area contributed by atoms with Crippen molar-refractivity contribution < 1.29 is 38.1 Å². The van der Waals surface area contributed by atoms with E-state index in [9.17, 15) is 19.2 Å². The smallest absolute Gasteiger partial charge is 0.407 e. The van der Waals surface area contributed by atoms with Crippen molar-refractivity contribution in [2.45, 2.75) is 245 Å². The number of ether oxygens (including phenoxy) is 4. The lowest BCUT2D eigenvalue weighted by Gasteiger charge is -2.35. The van der Waals surface area contributed by atoms with Crippen LogP contribution in [0.3, 0.4) is 0 Å². The number of imidazole rings is 2. The Hall–Kier alpha value is -8.78. The molecule has 0 unspecified atom stereocenters. The normalized spacial score (nSPS) is 23.5. The SMILES string of the molecule is Brc1cnc(C2CCCC2)[nH]1.COC(=O)N[C@H](C(=O)N1[C@H](C2=Nc3ccc4cc5c(cc4c3C2)OCc2cc(-c3cnc(C4CCCC4)[nH]3)ccc2-5)C[C@@H]2CCC[C@@H]21)C(C)C.COC(=O)N[C@H](C(=O)N1[C@H](C2=Nc3ccc4cc5c(cc4c3C2)OCc2cc(B3CC(C)(C)C(C)(C)C3)ccc2-5)C[C@@H]2CCC[C@@H]21)C(C)C. The molecule has 11 aliphatic rings. The molecule has 4 saturated carbocycles. The highest BCUT2D eigenvalue weighted by Gasteiger charge is 2.53. The van der Waals surface area contributed by atoms with Gasteiger partial charge in [0.1, 0.15) is 53.0 Å². The number of hydrogen-bond acceptors (Lipinski definition) is 12. The Morgan fingerprint density at radius 3 is 1.50 bits per heavy atom. The zero-order valence-electron chi connectivity index (χ0n) is 65.6. The van der Waals surface area contributed by atoms with Crippen LogP contribution in [0.15, 0.2) is 112 Å². The third kappa shape index (κ3) is 13.7. The van der Waals surface area contributed by atoms with Crippen LogP contribution >= 0.6 is 15.9 Å². The van der Waals surface area contributed by atoms with Gasteiger partial charge in [-0.1, -0.05) is 154 Å². The number of aromatic nitrogens is 4. The molecule has 4 amide bonds. The van der Waals surface area contributed by atoms with Gasteiger partial charge in [0.2, 0.25) is 11.8 Å². The number of amides is 4. The second kappa shape index (κ2) is 29.7. The van der Waals surface area contributed by atoms with Crippen LogP contribution in [0.1, 0.15) is 204 Å². The molecule has 20 heteroatoms. The first-order chi connectivity index (χ1) is 53.1. The van der Waals surface area contributed by atoms with Crippen LogP contribution in [0.4, 0.5) is 21.0 Å². The minimum Gasteiger partial charge on any atom is -0.488 e. The molecule has 18 nitrogen and oxygen atoms in total. The zero-order valence-corrected chi connectivity index (χ0v) is 67.2. The van der Waals surface area contributed by atoms with E-state index in [1.807, 2.05) is 40.1 Å². The lowest BCUT2D eigenvalue weighted by atomic mass is 9.42. The van der Waals surface area contributed by atoms with Crippen molar-refractivity contribution in [1.82, 2.24) is 40.4 Å². The molecule has 0 radical (unpaired) electrons. The predicted octanol–water partition coefficient (Wildman–Crippen LogP) is 19.0. The van der Waals surface area contributed by atoms with Gasteiger partial charge in [-0.25, -0.2) is 19.6 Å². The molecule has 0 bridgehead atoms. The lowest BCUT2D eigenvalue weighted by molar-refractivity contribution is -0.137. The molecule has 574 valence electrons. The number of carbonyl (C=O) groups excluding carboxylic acids is 4. The highest BCUT2D eigenvalue weighted by Crippen LogP contribution is 2.54. The number of alkyl carbamates (subject to hydrolysis) is 2. The number of benzene rings is 6. The number of aliphatic imine (C=N–C) groups is 2. The van der Waals surface area contributed by atoms with Crippen molar-refractivity contribution in [2.24, 2.45) is 44.5 Å². The van der Waals surface area contributed by atoms with Crippen molar-refractivity contribution in [3.05, 3.63) is 136 Å². The Kier molecular flexibility index (Phi) is 20.0. The topological polar surface area (TPSA) is 218 Å². The highest BCUT2D eigenvalue weighted by molar-refractivity contribution is 9.10. The fourth-order valence-corrected chi connectivity index (χ4v) is 21.4. The van der Waals surface area contributed by atoms with Gasteiger partial charge in [-0.15, -0.1) is 0 Å². The van der Waals surface area contributed by atoms with Crippen molar-refractivity contribution in [3.8, 4) is 45.0 Å². The summed E-state index contributed by atoms with van der Waals surface area (Å²) < 4.78 is 23.7. The number of rotatable bonds is 12. The van der Waals surface area contributed by atoms with E-state index >= 15 is 0 Å². The van der Waals surface area contributed by atoms with Crippen LogP contribution in [-0.4, -0.2) is 122 Å². The van der Waals surface area contributed by atoms with Gasteiger partial charge in [-0.05, 0) is 218 Å². The molecule has 8 aromatic rings. The fourth-order valence-electron chi connectivity index (χ4n) is 21.1. The molecule has 4 N–H and O–H groups in total. The summed E-state index contributed by atoms with van der Waals surface area (Å²) in [6.07, 6.45) is 25.2. The Morgan fingerprint density at radius 1 is 0.555 bits per heavy atom. The molecule has 2 aromatic heterocycles. The molecule has 9 heterocycles. The molecule has 3 saturated heterocycles. The Labute approximate surface area is 655 Å². The maximum Gasteiger partial charge on any atom is 0.407 e. The summed E-state index contributed by atoms with van der Waals surface area (Å²) in [5.74, 6) is 6.10. The molecule has 4 aliphatic carbocycles. The number of aromatic amines is 2. The van der Waals surface area contributed by atoms with Crippen LogP contribution in [0, 0.1) is 34.5 Å². The van der Waals surface area contributed by atoms with Crippen molar-refractivity contribution in [3.63, 3.8) is 0 Å². The quantitative estimate of drug-likeness (QED) is 0.0848. The fraction of sp³-hybridized carbons (Fsp3) is 0.511. The van der Waals surface area contributed by atoms with Gasteiger partial charge >= 0.3 is 12.2 Å². The summed E-state index contributed by atoms with van der Waals surface area (Å²) in [6, 6.07) is 30.3.